The minimum absolute atomic E-state index is 0.0324. The number of hydrogen-bond acceptors (Lipinski definition) is 6. The molecular weight excluding hydrogens is 416 g/mol. The zero-order chi connectivity index (χ0) is 21.6. The Morgan fingerprint density at radius 3 is 2.65 bits per heavy atom. The topological polar surface area (TPSA) is 113 Å². The molecule has 3 aliphatic rings. The van der Waals surface area contributed by atoms with Gasteiger partial charge in [-0.2, -0.15) is 9.57 Å². The highest BCUT2D eigenvalue weighted by atomic mass is 32.2. The zero-order valence-electron chi connectivity index (χ0n) is 17.3. The van der Waals surface area contributed by atoms with E-state index in [1.807, 2.05) is 24.4 Å². The van der Waals surface area contributed by atoms with E-state index in [9.17, 15) is 13.2 Å². The van der Waals surface area contributed by atoms with Gasteiger partial charge in [-0.05, 0) is 38.2 Å². The van der Waals surface area contributed by atoms with Crippen molar-refractivity contribution in [1.82, 2.24) is 14.3 Å². The van der Waals surface area contributed by atoms with Crippen LogP contribution in [0.15, 0.2) is 18.3 Å². The van der Waals surface area contributed by atoms with Crippen LogP contribution in [-0.4, -0.2) is 66.1 Å². The molecule has 1 saturated carbocycles. The van der Waals surface area contributed by atoms with Crippen LogP contribution in [0.3, 0.4) is 0 Å². The van der Waals surface area contributed by atoms with E-state index in [2.05, 4.69) is 14.9 Å². The van der Waals surface area contributed by atoms with Gasteiger partial charge in [0, 0.05) is 55.3 Å². The number of hydrogen-bond donors (Lipinski definition) is 1. The Balaban J connectivity index is 1.43. The summed E-state index contributed by atoms with van der Waals surface area (Å²) in [6, 6.07) is 6.07. The fraction of sp³-hybridized carbons (Fsp3) is 0.571. The van der Waals surface area contributed by atoms with Crippen LogP contribution < -0.4 is 9.80 Å². The maximum atomic E-state index is 12.9. The standard InChI is InChI=1S/C21H26N6O3S/c22-8-1-2-10-31(29,30)27-16-5-6-17(27)13-25(12-16)19-11-20(26(14-28)15-3-4-15)24-21-18(19)7-9-23-21/h7,9,11,14-17H,1-6,10,12-13H2,(H,23,24). The second-order valence-corrected chi connectivity index (χ2v) is 10.7. The molecule has 164 valence electrons. The fourth-order valence-electron chi connectivity index (χ4n) is 5.03. The van der Waals surface area contributed by atoms with Gasteiger partial charge in [-0.15, -0.1) is 0 Å². The molecule has 0 aromatic carbocycles. The largest absolute Gasteiger partial charge is 0.368 e. The molecule has 2 aromatic rings. The Bertz CT molecular complexity index is 1120. The smallest absolute Gasteiger partial charge is 0.215 e. The van der Waals surface area contributed by atoms with Crippen molar-refractivity contribution in [1.29, 1.82) is 5.26 Å². The summed E-state index contributed by atoms with van der Waals surface area (Å²) >= 11 is 0. The molecule has 2 aliphatic heterocycles. The molecule has 2 aromatic heterocycles. The van der Waals surface area contributed by atoms with Gasteiger partial charge < -0.3 is 9.88 Å². The van der Waals surface area contributed by atoms with Crippen molar-refractivity contribution in [2.45, 2.75) is 56.7 Å². The molecule has 1 amide bonds. The van der Waals surface area contributed by atoms with Crippen molar-refractivity contribution >= 4 is 39.0 Å². The average molecular weight is 443 g/mol. The van der Waals surface area contributed by atoms with Gasteiger partial charge in [0.25, 0.3) is 0 Å². The number of nitrogens with zero attached hydrogens (tertiary/aromatic N) is 5. The van der Waals surface area contributed by atoms with Crippen molar-refractivity contribution in [3.05, 3.63) is 18.3 Å². The van der Waals surface area contributed by atoms with E-state index < -0.39 is 10.0 Å². The van der Waals surface area contributed by atoms with Gasteiger partial charge in [0.05, 0.1) is 17.5 Å². The van der Waals surface area contributed by atoms with Crippen LogP contribution in [0.5, 0.6) is 0 Å². The third-order valence-electron chi connectivity index (χ3n) is 6.58. The molecule has 0 radical (unpaired) electrons. The van der Waals surface area contributed by atoms with Crippen molar-refractivity contribution in [2.75, 3.05) is 28.6 Å². The molecule has 4 heterocycles. The van der Waals surface area contributed by atoms with Crippen LogP contribution in [0.2, 0.25) is 0 Å². The summed E-state index contributed by atoms with van der Waals surface area (Å²) in [5.41, 5.74) is 1.73. The summed E-state index contributed by atoms with van der Waals surface area (Å²) in [5, 5.41) is 9.72. The monoisotopic (exact) mass is 442 g/mol. The number of nitrogens with one attached hydrogen (secondary N) is 1. The summed E-state index contributed by atoms with van der Waals surface area (Å²) in [4.78, 5) is 23.5. The van der Waals surface area contributed by atoms with Gasteiger partial charge in [-0.25, -0.2) is 13.4 Å². The van der Waals surface area contributed by atoms with E-state index in [1.54, 1.807) is 9.21 Å². The fourth-order valence-corrected chi connectivity index (χ4v) is 7.01. The van der Waals surface area contributed by atoms with Crippen LogP contribution in [-0.2, 0) is 14.8 Å². The maximum Gasteiger partial charge on any atom is 0.215 e. The Morgan fingerprint density at radius 1 is 1.26 bits per heavy atom. The maximum absolute atomic E-state index is 12.9. The number of sulfonamides is 1. The van der Waals surface area contributed by atoms with Crippen molar-refractivity contribution in [2.24, 2.45) is 0 Å². The highest BCUT2D eigenvalue weighted by Gasteiger charge is 2.46. The third kappa shape index (κ3) is 3.66. The number of anilines is 2. The van der Waals surface area contributed by atoms with E-state index in [0.29, 0.717) is 25.3 Å². The van der Waals surface area contributed by atoms with E-state index in [-0.39, 0.29) is 30.3 Å². The lowest BCUT2D eigenvalue weighted by atomic mass is 10.1. The van der Waals surface area contributed by atoms with Crippen molar-refractivity contribution < 1.29 is 13.2 Å². The molecular formula is C21H26N6O3S. The first-order valence-electron chi connectivity index (χ1n) is 10.9. The van der Waals surface area contributed by atoms with Gasteiger partial charge in [-0.3, -0.25) is 9.69 Å². The summed E-state index contributed by atoms with van der Waals surface area (Å²) in [6.45, 7) is 1.23. The number of aromatic amines is 1. The number of carbonyl (C=O) groups excluding carboxylic acids is 1. The Kier molecular flexibility index (Phi) is 5.10. The molecule has 31 heavy (non-hydrogen) atoms. The normalized spacial score (nSPS) is 23.8. The number of piperazine rings is 1. The van der Waals surface area contributed by atoms with Crippen LogP contribution in [0.4, 0.5) is 11.5 Å². The predicted octanol–water partition coefficient (Wildman–Crippen LogP) is 1.97. The number of unbranched alkanes of at least 4 members (excludes halogenated alkanes) is 1. The Hall–Kier alpha value is -2.64. The molecule has 2 saturated heterocycles. The number of pyridine rings is 1. The molecule has 2 unspecified atom stereocenters. The van der Waals surface area contributed by atoms with Crippen LogP contribution in [0, 0.1) is 11.3 Å². The third-order valence-corrected chi connectivity index (χ3v) is 8.62. The first kappa shape index (κ1) is 20.3. The van der Waals surface area contributed by atoms with Crippen LogP contribution in [0.1, 0.15) is 38.5 Å². The minimum Gasteiger partial charge on any atom is -0.368 e. The van der Waals surface area contributed by atoms with Gasteiger partial charge >= 0.3 is 0 Å². The molecule has 5 rings (SSSR count). The lowest BCUT2D eigenvalue weighted by Gasteiger charge is -2.41. The van der Waals surface area contributed by atoms with E-state index >= 15 is 0 Å². The van der Waals surface area contributed by atoms with E-state index in [0.717, 1.165) is 48.8 Å². The number of aromatic nitrogens is 2. The van der Waals surface area contributed by atoms with Crippen LogP contribution >= 0.6 is 0 Å². The first-order valence-corrected chi connectivity index (χ1v) is 12.5. The second kappa shape index (κ2) is 7.80. The predicted molar refractivity (Wildman–Crippen MR) is 117 cm³/mol. The molecule has 0 spiro atoms. The highest BCUT2D eigenvalue weighted by molar-refractivity contribution is 7.89. The summed E-state index contributed by atoms with van der Waals surface area (Å²) in [6.07, 6.45) is 7.00. The molecule has 1 aliphatic carbocycles. The summed E-state index contributed by atoms with van der Waals surface area (Å²) < 4.78 is 27.6. The van der Waals surface area contributed by atoms with Crippen molar-refractivity contribution in [3.8, 4) is 6.07 Å². The first-order chi connectivity index (χ1) is 15.0. The van der Waals surface area contributed by atoms with Gasteiger partial charge in [0.1, 0.15) is 11.5 Å². The molecule has 2 bridgehead atoms. The number of nitriles is 1. The second-order valence-electron chi connectivity index (χ2n) is 8.68. The lowest BCUT2D eigenvalue weighted by molar-refractivity contribution is -0.107. The summed E-state index contributed by atoms with van der Waals surface area (Å²) in [5.74, 6) is 0.673. The van der Waals surface area contributed by atoms with Crippen molar-refractivity contribution in [3.63, 3.8) is 0 Å². The quantitative estimate of drug-likeness (QED) is 0.494. The number of rotatable bonds is 8. The molecule has 9 nitrogen and oxygen atoms in total. The molecule has 2 atom stereocenters. The SMILES string of the molecule is N#CCCCS(=O)(=O)N1C2CCC1CN(c1cc(N(C=O)C3CC3)nc3[nH]ccc13)C2. The van der Waals surface area contributed by atoms with E-state index in [4.69, 9.17) is 5.26 Å². The Morgan fingerprint density at radius 2 is 2.00 bits per heavy atom. The van der Waals surface area contributed by atoms with Gasteiger partial charge in [0.15, 0.2) is 0 Å². The van der Waals surface area contributed by atoms with E-state index in [1.165, 1.54) is 0 Å². The molecule has 10 heteroatoms. The van der Waals surface area contributed by atoms with Crippen LogP contribution in [0.25, 0.3) is 11.0 Å². The van der Waals surface area contributed by atoms with Gasteiger partial charge in [0.2, 0.25) is 16.4 Å². The van der Waals surface area contributed by atoms with Gasteiger partial charge in [-0.1, -0.05) is 0 Å². The highest BCUT2D eigenvalue weighted by Crippen LogP contribution is 2.39. The minimum atomic E-state index is -3.37. The summed E-state index contributed by atoms with van der Waals surface area (Å²) in [7, 11) is -3.37. The molecule has 3 fully saturated rings. The number of H-pyrrole nitrogens is 1. The number of fused-ring (bicyclic) bond motifs is 3. The average Bonchev–Trinajstić information content (AvgIpc) is 3.39. The Labute approximate surface area is 181 Å². The number of carbonyl (C=O) groups is 1. The lowest BCUT2D eigenvalue weighted by Crippen LogP contribution is -2.56. The zero-order valence-corrected chi connectivity index (χ0v) is 18.1. The molecule has 1 N–H and O–H groups in total. The number of amides is 1.